The van der Waals surface area contributed by atoms with Crippen molar-refractivity contribution in [3.05, 3.63) is 138 Å². The molecule has 172 valence electrons. The van der Waals surface area contributed by atoms with Gasteiger partial charge >= 0.3 is 0 Å². The second-order valence-electron chi connectivity index (χ2n) is 10.6. The normalized spacial score (nSPS) is 25.5. The zero-order chi connectivity index (χ0) is 23.9. The number of hydrogen-bond donors (Lipinski definition) is 0. The molecule has 2 unspecified atom stereocenters. The van der Waals surface area contributed by atoms with Crippen molar-refractivity contribution in [3.63, 3.8) is 0 Å². The number of benzene rings is 4. The van der Waals surface area contributed by atoms with Crippen LogP contribution in [0.1, 0.15) is 37.5 Å². The minimum absolute atomic E-state index is 0.0879. The van der Waals surface area contributed by atoms with Gasteiger partial charge in [0.05, 0.1) is 11.0 Å². The van der Waals surface area contributed by atoms with Crippen LogP contribution in [0.4, 0.5) is 0 Å². The molecule has 1 fully saturated rings. The first-order valence-corrected chi connectivity index (χ1v) is 14.9. The van der Waals surface area contributed by atoms with Crippen molar-refractivity contribution in [2.75, 3.05) is 0 Å². The fourth-order valence-corrected chi connectivity index (χ4v) is 11.5. The van der Waals surface area contributed by atoms with E-state index in [-0.39, 0.29) is 10.8 Å². The second-order valence-corrected chi connectivity index (χ2v) is 14.2. The van der Waals surface area contributed by atoms with E-state index in [0.717, 1.165) is 6.04 Å². The quantitative estimate of drug-likeness (QED) is 0.287. The molecule has 1 aliphatic rings. The van der Waals surface area contributed by atoms with Crippen LogP contribution in [0.2, 0.25) is 12.6 Å². The predicted molar refractivity (Wildman–Crippen MR) is 145 cm³/mol. The summed E-state index contributed by atoms with van der Waals surface area (Å²) >= 11 is 0. The summed E-state index contributed by atoms with van der Waals surface area (Å²) in [6, 6.07) is 45.0. The molecule has 0 spiro atoms. The maximum atomic E-state index is 7.63. The Bertz CT molecular complexity index is 1200. The molecule has 1 heterocycles. The molecular formula is C32H34OSi. The minimum atomic E-state index is -2.32. The predicted octanol–water partition coefficient (Wildman–Crippen LogP) is 7.43. The van der Waals surface area contributed by atoms with E-state index in [4.69, 9.17) is 4.43 Å². The average molecular weight is 463 g/mol. The van der Waals surface area contributed by atoms with Crippen LogP contribution in [0.3, 0.4) is 0 Å². The van der Waals surface area contributed by atoms with E-state index in [0.29, 0.717) is 0 Å². The van der Waals surface area contributed by atoms with Crippen molar-refractivity contribution in [2.45, 2.75) is 44.4 Å². The van der Waals surface area contributed by atoms with Gasteiger partial charge in [-0.05, 0) is 46.8 Å². The van der Waals surface area contributed by atoms with E-state index in [2.05, 4.69) is 149 Å². The van der Waals surface area contributed by atoms with Gasteiger partial charge in [0.15, 0.2) is 0 Å². The van der Waals surface area contributed by atoms with Crippen molar-refractivity contribution in [3.8, 4) is 0 Å². The van der Waals surface area contributed by atoms with Crippen molar-refractivity contribution >= 4 is 13.5 Å². The number of hydrogen-bond acceptors (Lipinski definition) is 1. The van der Waals surface area contributed by atoms with E-state index in [1.165, 1.54) is 21.9 Å². The van der Waals surface area contributed by atoms with E-state index in [1.54, 1.807) is 0 Å². The molecule has 0 aromatic heterocycles. The van der Waals surface area contributed by atoms with Crippen molar-refractivity contribution in [1.29, 1.82) is 0 Å². The fourth-order valence-electron chi connectivity index (χ4n) is 7.04. The Morgan fingerprint density at radius 3 is 1.38 bits per heavy atom. The lowest BCUT2D eigenvalue weighted by molar-refractivity contribution is -0.0701. The van der Waals surface area contributed by atoms with Gasteiger partial charge in [-0.3, -0.25) is 0 Å². The molecule has 2 atom stereocenters. The average Bonchev–Trinajstić information content (AvgIpc) is 2.86. The largest absolute Gasteiger partial charge is 0.402 e. The van der Waals surface area contributed by atoms with Crippen LogP contribution in [-0.2, 0) is 15.4 Å². The summed E-state index contributed by atoms with van der Waals surface area (Å²) in [5.41, 5.74) is 2.80. The monoisotopic (exact) mass is 462 g/mol. The van der Waals surface area contributed by atoms with Gasteiger partial charge in [0.25, 0.3) is 0 Å². The van der Waals surface area contributed by atoms with Crippen molar-refractivity contribution in [1.82, 2.24) is 0 Å². The molecule has 0 aliphatic carbocycles. The molecule has 1 nitrogen and oxygen atoms in total. The highest BCUT2D eigenvalue weighted by molar-refractivity contribution is 6.85. The molecule has 2 heteroatoms. The Morgan fingerprint density at radius 2 is 0.941 bits per heavy atom. The van der Waals surface area contributed by atoms with Gasteiger partial charge in [0, 0.05) is 0 Å². The van der Waals surface area contributed by atoms with Gasteiger partial charge in [-0.2, -0.15) is 0 Å². The molecule has 4 aromatic carbocycles. The maximum Gasteiger partial charge on any atom is 0.223 e. The van der Waals surface area contributed by atoms with E-state index >= 15 is 0 Å². The van der Waals surface area contributed by atoms with Crippen LogP contribution in [0.25, 0.3) is 0 Å². The summed E-state index contributed by atoms with van der Waals surface area (Å²) in [6.45, 7) is 9.68. The molecule has 4 aromatic rings. The molecule has 1 aliphatic heterocycles. The van der Waals surface area contributed by atoms with Crippen LogP contribution >= 0.6 is 0 Å². The Morgan fingerprint density at radius 1 is 0.559 bits per heavy atom. The molecular weight excluding hydrogens is 428 g/mol. The summed E-state index contributed by atoms with van der Waals surface area (Å²) in [5.74, 6) is 0. The van der Waals surface area contributed by atoms with Crippen LogP contribution < -0.4 is 5.19 Å². The maximum absolute atomic E-state index is 7.63. The van der Waals surface area contributed by atoms with Gasteiger partial charge in [-0.25, -0.2) is 0 Å². The third kappa shape index (κ3) is 3.32. The summed E-state index contributed by atoms with van der Waals surface area (Å²) in [4.78, 5) is 0. The lowest BCUT2D eigenvalue weighted by Gasteiger charge is -2.65. The molecule has 0 radical (unpaired) electrons. The van der Waals surface area contributed by atoms with E-state index in [1.807, 2.05) is 0 Å². The van der Waals surface area contributed by atoms with Gasteiger partial charge in [-0.1, -0.05) is 135 Å². The minimum Gasteiger partial charge on any atom is -0.402 e. The van der Waals surface area contributed by atoms with Crippen LogP contribution in [0.15, 0.2) is 121 Å². The highest BCUT2D eigenvalue weighted by Gasteiger charge is 2.67. The molecule has 0 N–H and O–H groups in total. The smallest absolute Gasteiger partial charge is 0.223 e. The topological polar surface area (TPSA) is 9.23 Å². The summed E-state index contributed by atoms with van der Waals surface area (Å²) in [5, 5.41) is 1.36. The third-order valence-corrected chi connectivity index (χ3v) is 12.0. The zero-order valence-corrected chi connectivity index (χ0v) is 21.7. The molecule has 5 rings (SSSR count). The highest BCUT2D eigenvalue weighted by Crippen LogP contribution is 2.65. The Hall–Kier alpha value is -2.94. The Labute approximate surface area is 205 Å². The third-order valence-electron chi connectivity index (χ3n) is 8.06. The summed E-state index contributed by atoms with van der Waals surface area (Å²) in [6.07, 6.45) is 0. The zero-order valence-electron chi connectivity index (χ0n) is 20.7. The first kappa shape index (κ1) is 22.8. The van der Waals surface area contributed by atoms with Crippen LogP contribution in [-0.4, -0.2) is 8.32 Å². The van der Waals surface area contributed by atoms with Crippen molar-refractivity contribution in [2.24, 2.45) is 5.41 Å². The lowest BCUT2D eigenvalue weighted by atomic mass is 9.50. The Kier molecular flexibility index (Phi) is 5.62. The first-order chi connectivity index (χ1) is 16.3. The van der Waals surface area contributed by atoms with Crippen LogP contribution in [0, 0.1) is 5.41 Å². The van der Waals surface area contributed by atoms with E-state index < -0.39 is 13.9 Å². The molecule has 1 saturated heterocycles. The summed E-state index contributed by atoms with van der Waals surface area (Å²) in [7, 11) is -2.32. The highest BCUT2D eigenvalue weighted by atomic mass is 28.4. The lowest BCUT2D eigenvalue weighted by Crippen LogP contribution is -2.70. The Balaban J connectivity index is 1.88. The first-order valence-electron chi connectivity index (χ1n) is 12.3. The molecule has 0 amide bonds. The summed E-state index contributed by atoms with van der Waals surface area (Å²) < 4.78 is 7.63. The van der Waals surface area contributed by atoms with Gasteiger partial charge < -0.3 is 4.43 Å². The van der Waals surface area contributed by atoms with Crippen LogP contribution in [0.5, 0.6) is 0 Å². The standard InChI is InChI=1S/C32H34OSi/c1-30(2)25-34(4,29-23-15-8-16-24-29)33-31(3,26-17-9-5-10-18-26)32(30,27-19-11-6-12-20-27)28-21-13-7-14-22-28/h5-24H,25H2,1-4H3. The fraction of sp³-hybridized carbons (Fsp3) is 0.250. The SMILES string of the molecule is CC1(C)C[Si](C)(c2ccccc2)OC(C)(c2ccccc2)C1(c1ccccc1)c1ccccc1. The van der Waals surface area contributed by atoms with Gasteiger partial charge in [0.1, 0.15) is 0 Å². The van der Waals surface area contributed by atoms with Gasteiger partial charge in [0.2, 0.25) is 8.32 Å². The van der Waals surface area contributed by atoms with Crippen molar-refractivity contribution < 1.29 is 4.43 Å². The van der Waals surface area contributed by atoms with E-state index in [9.17, 15) is 0 Å². The second kappa shape index (κ2) is 8.37. The molecule has 0 saturated carbocycles. The molecule has 0 bridgehead atoms. The molecule has 34 heavy (non-hydrogen) atoms. The number of rotatable bonds is 4. The van der Waals surface area contributed by atoms with Gasteiger partial charge in [-0.15, -0.1) is 0 Å².